The van der Waals surface area contributed by atoms with Crippen molar-refractivity contribution in [3.8, 4) is 0 Å². The van der Waals surface area contributed by atoms with E-state index in [1.165, 1.54) is 6.92 Å². The molecule has 0 bridgehead atoms. The number of esters is 2. The maximum atomic E-state index is 13.3. The van der Waals surface area contributed by atoms with Gasteiger partial charge < -0.3 is 14.0 Å². The number of ether oxygens (including phenoxy) is 2. The van der Waals surface area contributed by atoms with Gasteiger partial charge in [-0.05, 0) is 32.6 Å². The highest BCUT2D eigenvalue weighted by atomic mass is 32.2. The van der Waals surface area contributed by atoms with Crippen LogP contribution >= 0.6 is 0 Å². The molecule has 0 amide bonds. The molecule has 1 rings (SSSR count). The van der Waals surface area contributed by atoms with Crippen molar-refractivity contribution in [3.63, 3.8) is 0 Å². The lowest BCUT2D eigenvalue weighted by atomic mass is 9.87. The Morgan fingerprint density at radius 1 is 1.11 bits per heavy atom. The molecule has 1 saturated carbocycles. The molecule has 1 aliphatic rings. The van der Waals surface area contributed by atoms with Crippen LogP contribution in [0.2, 0.25) is 0 Å². The molecule has 1 fully saturated rings. The second-order valence-corrected chi connectivity index (χ2v) is 7.49. The first kappa shape index (κ1) is 23.3. The third kappa shape index (κ3) is 5.86. The van der Waals surface area contributed by atoms with Gasteiger partial charge in [-0.25, -0.2) is 13.2 Å². The summed E-state index contributed by atoms with van der Waals surface area (Å²) in [7, 11) is -6.74. The third-order valence-electron chi connectivity index (χ3n) is 3.80. The Balaban J connectivity index is 2.79. The Hall–Kier alpha value is -1.76. The molecule has 1 aliphatic carbocycles. The molecular formula is C14H16F5O7S-. The van der Waals surface area contributed by atoms with E-state index >= 15 is 0 Å². The Morgan fingerprint density at radius 2 is 1.59 bits per heavy atom. The summed E-state index contributed by atoms with van der Waals surface area (Å²) >= 11 is 0. The van der Waals surface area contributed by atoms with E-state index in [1.807, 2.05) is 0 Å². The molecule has 0 aromatic heterocycles. The highest BCUT2D eigenvalue weighted by Gasteiger charge is 2.63. The number of halogens is 5. The standard InChI is InChI=1S/C14H17F5O7S/c1-7(2)10(20)25-9-5-3-8(4-6-9)11(21)26-12(13(15,16)17)14(18,19)27(22,23)24/h8-9,12H,1,3-6H2,2H3,(H,22,23,24)/p-1. The van der Waals surface area contributed by atoms with Gasteiger partial charge in [0.2, 0.25) is 0 Å². The second-order valence-electron chi connectivity index (χ2n) is 6.03. The van der Waals surface area contributed by atoms with Crippen molar-refractivity contribution in [1.82, 2.24) is 0 Å². The molecule has 0 saturated heterocycles. The Morgan fingerprint density at radius 3 is 1.96 bits per heavy atom. The molecule has 1 unspecified atom stereocenters. The van der Waals surface area contributed by atoms with Gasteiger partial charge in [0.05, 0.1) is 5.92 Å². The van der Waals surface area contributed by atoms with Crippen molar-refractivity contribution in [2.24, 2.45) is 5.92 Å². The Labute approximate surface area is 151 Å². The van der Waals surface area contributed by atoms with Crippen molar-refractivity contribution in [2.45, 2.75) is 56.2 Å². The highest BCUT2D eigenvalue weighted by molar-refractivity contribution is 7.86. The van der Waals surface area contributed by atoms with Crippen LogP contribution in [0.3, 0.4) is 0 Å². The van der Waals surface area contributed by atoms with Gasteiger partial charge in [0.15, 0.2) is 10.1 Å². The summed E-state index contributed by atoms with van der Waals surface area (Å²) in [5, 5.41) is -5.88. The minimum Gasteiger partial charge on any atom is -0.743 e. The fourth-order valence-electron chi connectivity index (χ4n) is 2.34. The van der Waals surface area contributed by atoms with Crippen molar-refractivity contribution in [2.75, 3.05) is 0 Å². The minimum atomic E-state index is -6.74. The lowest BCUT2D eigenvalue weighted by Crippen LogP contribution is -2.52. The average Bonchev–Trinajstić information content (AvgIpc) is 2.50. The average molecular weight is 423 g/mol. The molecule has 1 atom stereocenters. The van der Waals surface area contributed by atoms with Gasteiger partial charge in [0, 0.05) is 5.57 Å². The summed E-state index contributed by atoms with van der Waals surface area (Å²) in [6, 6.07) is 0. The van der Waals surface area contributed by atoms with Crippen LogP contribution in [0.5, 0.6) is 0 Å². The van der Waals surface area contributed by atoms with Crippen LogP contribution in [-0.2, 0) is 29.2 Å². The van der Waals surface area contributed by atoms with E-state index in [0.29, 0.717) is 0 Å². The van der Waals surface area contributed by atoms with Crippen LogP contribution in [-0.4, -0.2) is 48.5 Å². The van der Waals surface area contributed by atoms with E-state index in [2.05, 4.69) is 11.3 Å². The molecule has 0 spiro atoms. The van der Waals surface area contributed by atoms with Gasteiger partial charge >= 0.3 is 23.4 Å². The third-order valence-corrected chi connectivity index (χ3v) is 4.68. The number of hydrogen-bond donors (Lipinski definition) is 0. The van der Waals surface area contributed by atoms with E-state index in [-0.39, 0.29) is 31.3 Å². The molecule has 27 heavy (non-hydrogen) atoms. The maximum absolute atomic E-state index is 13.3. The van der Waals surface area contributed by atoms with Gasteiger partial charge in [0.1, 0.15) is 6.10 Å². The summed E-state index contributed by atoms with van der Waals surface area (Å²) in [6.45, 7) is 4.76. The summed E-state index contributed by atoms with van der Waals surface area (Å²) < 4.78 is 105. The molecule has 0 radical (unpaired) electrons. The summed E-state index contributed by atoms with van der Waals surface area (Å²) in [5.41, 5.74) is 0.116. The lowest BCUT2D eigenvalue weighted by Gasteiger charge is -2.32. The molecule has 156 valence electrons. The van der Waals surface area contributed by atoms with Crippen LogP contribution in [0, 0.1) is 5.92 Å². The monoisotopic (exact) mass is 423 g/mol. The van der Waals surface area contributed by atoms with Gasteiger partial charge in [0.25, 0.3) is 6.10 Å². The molecule has 0 N–H and O–H groups in total. The van der Waals surface area contributed by atoms with Crippen LogP contribution in [0.25, 0.3) is 0 Å². The number of carbonyl (C=O) groups excluding carboxylic acids is 2. The zero-order valence-corrected chi connectivity index (χ0v) is 14.7. The molecule has 0 aromatic carbocycles. The van der Waals surface area contributed by atoms with Crippen molar-refractivity contribution in [1.29, 1.82) is 0 Å². The largest absolute Gasteiger partial charge is 0.743 e. The summed E-state index contributed by atoms with van der Waals surface area (Å²) in [4.78, 5) is 23.2. The van der Waals surface area contributed by atoms with E-state index in [1.54, 1.807) is 0 Å². The molecule has 7 nitrogen and oxygen atoms in total. The van der Waals surface area contributed by atoms with Gasteiger partial charge in [-0.2, -0.15) is 22.0 Å². The van der Waals surface area contributed by atoms with Crippen LogP contribution < -0.4 is 0 Å². The predicted molar refractivity (Wildman–Crippen MR) is 77.2 cm³/mol. The zero-order chi connectivity index (χ0) is 21.2. The Bertz CT molecular complexity index is 693. The molecular weight excluding hydrogens is 407 g/mol. The van der Waals surface area contributed by atoms with E-state index < -0.39 is 51.6 Å². The second kappa shape index (κ2) is 8.09. The lowest BCUT2D eigenvalue weighted by molar-refractivity contribution is -0.261. The van der Waals surface area contributed by atoms with Crippen molar-refractivity contribution in [3.05, 3.63) is 12.2 Å². The molecule has 13 heteroatoms. The van der Waals surface area contributed by atoms with E-state index in [4.69, 9.17) is 4.74 Å². The first-order valence-corrected chi connectivity index (χ1v) is 8.95. The van der Waals surface area contributed by atoms with Gasteiger partial charge in [-0.3, -0.25) is 4.79 Å². The highest BCUT2D eigenvalue weighted by Crippen LogP contribution is 2.39. The zero-order valence-electron chi connectivity index (χ0n) is 13.9. The normalized spacial score (nSPS) is 22.6. The molecule has 0 aliphatic heterocycles. The van der Waals surface area contributed by atoms with Crippen LogP contribution in [0.15, 0.2) is 12.2 Å². The fraction of sp³-hybridized carbons (Fsp3) is 0.714. The van der Waals surface area contributed by atoms with Gasteiger partial charge in [-0.15, -0.1) is 0 Å². The van der Waals surface area contributed by atoms with E-state index in [9.17, 15) is 44.5 Å². The smallest absolute Gasteiger partial charge is 0.432 e. The van der Waals surface area contributed by atoms with Crippen LogP contribution in [0.4, 0.5) is 22.0 Å². The SMILES string of the molecule is C=C(C)C(=O)OC1CCC(C(=O)OC(C(F)(F)F)C(F)(F)S(=O)(=O)[O-])CC1. The van der Waals surface area contributed by atoms with Gasteiger partial charge in [-0.1, -0.05) is 6.58 Å². The molecule has 0 heterocycles. The molecule has 0 aromatic rings. The number of alkyl halides is 5. The number of rotatable bonds is 6. The van der Waals surface area contributed by atoms with Crippen molar-refractivity contribution < 1.29 is 54.0 Å². The first-order chi connectivity index (χ1) is 12.1. The van der Waals surface area contributed by atoms with E-state index in [0.717, 1.165) is 0 Å². The maximum Gasteiger partial charge on any atom is 0.432 e. The summed E-state index contributed by atoms with van der Waals surface area (Å²) in [6.07, 6.45) is -11.2. The fourth-order valence-corrected chi connectivity index (χ4v) is 2.78. The van der Waals surface area contributed by atoms with Crippen molar-refractivity contribution >= 4 is 22.1 Å². The quantitative estimate of drug-likeness (QED) is 0.279. The predicted octanol–water partition coefficient (Wildman–Crippen LogP) is 2.28. The minimum absolute atomic E-state index is 0.0473. The topological polar surface area (TPSA) is 110 Å². The number of hydrogen-bond acceptors (Lipinski definition) is 7. The Kier molecular flexibility index (Phi) is 6.97. The first-order valence-electron chi connectivity index (χ1n) is 7.54. The number of carbonyl (C=O) groups is 2. The summed E-state index contributed by atoms with van der Waals surface area (Å²) in [5.74, 6) is -3.66. The van der Waals surface area contributed by atoms with Crippen LogP contribution in [0.1, 0.15) is 32.6 Å².